The van der Waals surface area contributed by atoms with Crippen LogP contribution in [0, 0.1) is 0 Å². The van der Waals surface area contributed by atoms with Gasteiger partial charge in [0.15, 0.2) is 0 Å². The normalized spacial score (nSPS) is 10.3. The van der Waals surface area contributed by atoms with E-state index in [4.69, 9.17) is 5.73 Å². The molecule has 110 valence electrons. The first kappa shape index (κ1) is 15.1. The highest BCUT2D eigenvalue weighted by Gasteiger charge is 2.05. The Bertz CT molecular complexity index is 608. The number of carbonyl (C=O) groups is 1. The second-order valence-corrected chi connectivity index (χ2v) is 5.10. The third-order valence-electron chi connectivity index (χ3n) is 3.65. The largest absolute Gasteiger partial charge is 0.399 e. The second kappa shape index (κ2) is 7.48. The van der Waals surface area contributed by atoms with Crippen LogP contribution in [0.15, 0.2) is 48.5 Å². The minimum Gasteiger partial charge on any atom is -0.399 e. The Hall–Kier alpha value is -2.29. The molecule has 1 amide bonds. The van der Waals surface area contributed by atoms with Gasteiger partial charge >= 0.3 is 0 Å². The fourth-order valence-electron chi connectivity index (χ4n) is 2.37. The van der Waals surface area contributed by atoms with Crippen LogP contribution in [0.4, 0.5) is 5.69 Å². The van der Waals surface area contributed by atoms with Gasteiger partial charge in [-0.25, -0.2) is 0 Å². The molecule has 0 aliphatic carbocycles. The van der Waals surface area contributed by atoms with Gasteiger partial charge in [0.1, 0.15) is 0 Å². The van der Waals surface area contributed by atoms with Crippen LogP contribution >= 0.6 is 0 Å². The van der Waals surface area contributed by atoms with Crippen molar-refractivity contribution >= 4 is 11.6 Å². The van der Waals surface area contributed by atoms with Crippen LogP contribution in [0.3, 0.4) is 0 Å². The molecule has 0 aromatic heterocycles. The van der Waals surface area contributed by atoms with Gasteiger partial charge in [0.25, 0.3) is 0 Å². The molecule has 2 rings (SSSR count). The fourth-order valence-corrected chi connectivity index (χ4v) is 2.37. The lowest BCUT2D eigenvalue weighted by Gasteiger charge is -2.10. The maximum atomic E-state index is 11.9. The van der Waals surface area contributed by atoms with E-state index in [2.05, 4.69) is 24.4 Å². The number of para-hydroxylation sites is 1. The number of nitrogen functional groups attached to an aromatic ring is 1. The molecule has 0 atom stereocenters. The molecule has 0 saturated heterocycles. The zero-order chi connectivity index (χ0) is 15.1. The first-order valence-electron chi connectivity index (χ1n) is 7.37. The molecule has 0 bridgehead atoms. The Labute approximate surface area is 126 Å². The molecule has 0 aliphatic heterocycles. The molecule has 0 radical (unpaired) electrons. The van der Waals surface area contributed by atoms with Gasteiger partial charge in [-0.15, -0.1) is 0 Å². The number of hydrogen-bond acceptors (Lipinski definition) is 2. The van der Waals surface area contributed by atoms with E-state index in [1.54, 1.807) is 0 Å². The summed E-state index contributed by atoms with van der Waals surface area (Å²) in [6.07, 6.45) is 2.11. The molecule has 0 aliphatic rings. The molecule has 3 nitrogen and oxygen atoms in total. The lowest BCUT2D eigenvalue weighted by atomic mass is 10.0. The number of amides is 1. The van der Waals surface area contributed by atoms with E-state index in [1.807, 2.05) is 36.4 Å². The first-order chi connectivity index (χ1) is 10.2. The number of benzene rings is 2. The van der Waals surface area contributed by atoms with E-state index in [-0.39, 0.29) is 5.91 Å². The van der Waals surface area contributed by atoms with Crippen LogP contribution in [-0.2, 0) is 24.2 Å². The predicted molar refractivity (Wildman–Crippen MR) is 86.8 cm³/mol. The van der Waals surface area contributed by atoms with E-state index in [9.17, 15) is 4.79 Å². The van der Waals surface area contributed by atoms with Crippen LogP contribution in [0.2, 0.25) is 0 Å². The summed E-state index contributed by atoms with van der Waals surface area (Å²) in [5.74, 6) is 0.0594. The van der Waals surface area contributed by atoms with Crippen LogP contribution in [0.25, 0.3) is 0 Å². The van der Waals surface area contributed by atoms with Crippen molar-refractivity contribution in [2.24, 2.45) is 0 Å². The molecular weight excluding hydrogens is 260 g/mol. The summed E-state index contributed by atoms with van der Waals surface area (Å²) in [5, 5.41) is 2.98. The van der Waals surface area contributed by atoms with Crippen molar-refractivity contribution in [3.63, 3.8) is 0 Å². The van der Waals surface area contributed by atoms with Gasteiger partial charge in [-0.1, -0.05) is 49.4 Å². The van der Waals surface area contributed by atoms with Gasteiger partial charge < -0.3 is 11.1 Å². The van der Waals surface area contributed by atoms with Crippen molar-refractivity contribution in [3.05, 3.63) is 65.2 Å². The maximum absolute atomic E-state index is 11.9. The maximum Gasteiger partial charge on any atom is 0.220 e. The lowest BCUT2D eigenvalue weighted by molar-refractivity contribution is -0.121. The standard InChI is InChI=1S/C18H22N2O/c1-2-14-7-3-4-9-16(14)13-20-18(21)12-11-15-8-5-6-10-17(15)19/h3-10H,2,11-13,19H2,1H3,(H,20,21). The third kappa shape index (κ3) is 4.35. The highest BCUT2D eigenvalue weighted by atomic mass is 16.1. The van der Waals surface area contributed by atoms with E-state index < -0.39 is 0 Å². The van der Waals surface area contributed by atoms with Gasteiger partial charge in [-0.2, -0.15) is 0 Å². The van der Waals surface area contributed by atoms with Crippen molar-refractivity contribution in [1.29, 1.82) is 0 Å². The Morgan fingerprint density at radius 2 is 1.62 bits per heavy atom. The van der Waals surface area contributed by atoms with E-state index in [1.165, 1.54) is 11.1 Å². The van der Waals surface area contributed by atoms with Crippen LogP contribution < -0.4 is 11.1 Å². The molecule has 0 saturated carbocycles. The molecule has 0 spiro atoms. The van der Waals surface area contributed by atoms with Crippen molar-refractivity contribution < 1.29 is 4.79 Å². The predicted octanol–water partition coefficient (Wildman–Crippen LogP) is 3.08. The number of carbonyl (C=O) groups excluding carboxylic acids is 1. The highest BCUT2D eigenvalue weighted by Crippen LogP contribution is 2.13. The Morgan fingerprint density at radius 1 is 1.00 bits per heavy atom. The topological polar surface area (TPSA) is 55.1 Å². The monoisotopic (exact) mass is 282 g/mol. The summed E-state index contributed by atoms with van der Waals surface area (Å²) in [6, 6.07) is 15.9. The SMILES string of the molecule is CCc1ccccc1CNC(=O)CCc1ccccc1N. The average molecular weight is 282 g/mol. The number of rotatable bonds is 6. The summed E-state index contributed by atoms with van der Waals surface area (Å²) in [7, 11) is 0. The molecule has 0 unspecified atom stereocenters. The summed E-state index contributed by atoms with van der Waals surface area (Å²) in [5.41, 5.74) is 10.1. The van der Waals surface area contributed by atoms with Crippen molar-refractivity contribution in [2.45, 2.75) is 32.7 Å². The molecular formula is C18H22N2O. The molecule has 0 heterocycles. The number of aryl methyl sites for hydroxylation is 2. The quantitative estimate of drug-likeness (QED) is 0.800. The Morgan fingerprint density at radius 3 is 2.29 bits per heavy atom. The molecule has 2 aromatic carbocycles. The number of nitrogens with one attached hydrogen (secondary N) is 1. The minimum atomic E-state index is 0.0594. The van der Waals surface area contributed by atoms with Crippen molar-refractivity contribution in [3.8, 4) is 0 Å². The lowest BCUT2D eigenvalue weighted by Crippen LogP contribution is -2.23. The molecule has 0 fully saturated rings. The molecule has 3 heteroatoms. The Kier molecular flexibility index (Phi) is 5.38. The Balaban J connectivity index is 1.84. The van der Waals surface area contributed by atoms with E-state index in [0.29, 0.717) is 19.4 Å². The average Bonchev–Trinajstić information content (AvgIpc) is 2.52. The van der Waals surface area contributed by atoms with Crippen molar-refractivity contribution in [2.75, 3.05) is 5.73 Å². The number of anilines is 1. The first-order valence-corrected chi connectivity index (χ1v) is 7.37. The van der Waals surface area contributed by atoms with Gasteiger partial charge in [-0.3, -0.25) is 4.79 Å². The second-order valence-electron chi connectivity index (χ2n) is 5.10. The minimum absolute atomic E-state index is 0.0594. The van der Waals surface area contributed by atoms with Gasteiger partial charge in [0.2, 0.25) is 5.91 Å². The van der Waals surface area contributed by atoms with Crippen LogP contribution in [-0.4, -0.2) is 5.91 Å². The zero-order valence-electron chi connectivity index (χ0n) is 12.4. The smallest absolute Gasteiger partial charge is 0.220 e. The summed E-state index contributed by atoms with van der Waals surface area (Å²) in [6.45, 7) is 2.71. The van der Waals surface area contributed by atoms with Gasteiger partial charge in [0.05, 0.1) is 0 Å². The fraction of sp³-hybridized carbons (Fsp3) is 0.278. The van der Waals surface area contributed by atoms with Crippen LogP contribution in [0.5, 0.6) is 0 Å². The summed E-state index contributed by atoms with van der Waals surface area (Å²) < 4.78 is 0. The molecule has 21 heavy (non-hydrogen) atoms. The molecule has 2 aromatic rings. The third-order valence-corrected chi connectivity index (χ3v) is 3.65. The van der Waals surface area contributed by atoms with E-state index >= 15 is 0 Å². The number of hydrogen-bond donors (Lipinski definition) is 2. The van der Waals surface area contributed by atoms with Gasteiger partial charge in [0, 0.05) is 18.7 Å². The van der Waals surface area contributed by atoms with Gasteiger partial charge in [-0.05, 0) is 35.6 Å². The van der Waals surface area contributed by atoms with Crippen LogP contribution in [0.1, 0.15) is 30.0 Å². The summed E-state index contributed by atoms with van der Waals surface area (Å²) >= 11 is 0. The van der Waals surface area contributed by atoms with E-state index in [0.717, 1.165) is 17.7 Å². The number of nitrogens with two attached hydrogens (primary N) is 1. The highest BCUT2D eigenvalue weighted by molar-refractivity contribution is 5.76. The van der Waals surface area contributed by atoms with Crippen molar-refractivity contribution in [1.82, 2.24) is 5.32 Å². The summed E-state index contributed by atoms with van der Waals surface area (Å²) in [4.78, 5) is 11.9. The zero-order valence-corrected chi connectivity index (χ0v) is 12.4. The molecule has 3 N–H and O–H groups in total.